The molecule has 1 aliphatic heterocycles. The molecular weight excluding hydrogens is 676 g/mol. The van der Waals surface area contributed by atoms with E-state index in [1.165, 1.54) is 32.9 Å². The number of hydrogen-bond acceptors (Lipinski definition) is 13. The molecule has 0 bridgehead atoms. The summed E-state index contributed by atoms with van der Waals surface area (Å²) in [6.07, 6.45) is -7.63. The van der Waals surface area contributed by atoms with Crippen LogP contribution in [0.4, 0.5) is 4.79 Å². The van der Waals surface area contributed by atoms with Crippen molar-refractivity contribution in [2.24, 2.45) is 16.2 Å². The second-order valence-corrected chi connectivity index (χ2v) is 16.5. The van der Waals surface area contributed by atoms with Gasteiger partial charge in [0.15, 0.2) is 29.4 Å². The van der Waals surface area contributed by atoms with E-state index in [0.717, 1.165) is 6.92 Å². The van der Waals surface area contributed by atoms with Crippen LogP contribution in [0, 0.1) is 16.2 Å². The predicted octanol–water partition coefficient (Wildman–Crippen LogP) is 4.62. The minimum atomic E-state index is -2.42. The van der Waals surface area contributed by atoms with Gasteiger partial charge in [0.05, 0.1) is 23.7 Å². The summed E-state index contributed by atoms with van der Waals surface area (Å²) in [6, 6.07) is 8.00. The summed E-state index contributed by atoms with van der Waals surface area (Å²) in [5, 5.41) is 23.4. The Morgan fingerprint density at radius 1 is 1.02 bits per heavy atom. The second kappa shape index (κ2) is 14.5. The van der Waals surface area contributed by atoms with E-state index in [2.05, 4.69) is 0 Å². The van der Waals surface area contributed by atoms with Crippen molar-refractivity contribution >= 4 is 35.4 Å². The molecular formula is C39H52O13. The van der Waals surface area contributed by atoms with Gasteiger partial charge in [0, 0.05) is 31.6 Å². The van der Waals surface area contributed by atoms with Gasteiger partial charge in [-0.3, -0.25) is 14.4 Å². The average Bonchev–Trinajstić information content (AvgIpc) is 3.20. The largest absolute Gasteiger partial charge is 0.509 e. The topological polar surface area (TPSA) is 189 Å². The van der Waals surface area contributed by atoms with Gasteiger partial charge in [0.2, 0.25) is 0 Å². The van der Waals surface area contributed by atoms with Crippen LogP contribution in [0.25, 0.3) is 0 Å². The van der Waals surface area contributed by atoms with Crippen LogP contribution in [0.15, 0.2) is 41.5 Å². The molecule has 0 spiro atoms. The number of ketones is 3. The normalized spacial score (nSPS) is 30.0. The summed E-state index contributed by atoms with van der Waals surface area (Å²) >= 11 is 0. The van der Waals surface area contributed by atoms with Crippen LogP contribution in [0.3, 0.4) is 0 Å². The first-order valence-electron chi connectivity index (χ1n) is 17.5. The second-order valence-electron chi connectivity index (χ2n) is 16.5. The smallest absolute Gasteiger partial charge is 0.456 e. The third kappa shape index (κ3) is 7.86. The van der Waals surface area contributed by atoms with Crippen LogP contribution in [0.5, 0.6) is 0 Å². The highest BCUT2D eigenvalue weighted by Crippen LogP contribution is 2.57. The van der Waals surface area contributed by atoms with E-state index in [9.17, 15) is 39.0 Å². The summed E-state index contributed by atoms with van der Waals surface area (Å²) in [5.41, 5.74) is -6.75. The zero-order chi connectivity index (χ0) is 39.2. The lowest BCUT2D eigenvalue weighted by Crippen LogP contribution is -2.65. The van der Waals surface area contributed by atoms with Gasteiger partial charge in [-0.1, -0.05) is 32.0 Å². The van der Waals surface area contributed by atoms with Crippen molar-refractivity contribution in [3.8, 4) is 0 Å². The molecule has 8 atom stereocenters. The lowest BCUT2D eigenvalue weighted by molar-refractivity contribution is -0.252. The van der Waals surface area contributed by atoms with E-state index in [-0.39, 0.29) is 54.8 Å². The minimum Gasteiger partial charge on any atom is -0.456 e. The fourth-order valence-electron chi connectivity index (χ4n) is 8.41. The maximum atomic E-state index is 14.9. The van der Waals surface area contributed by atoms with E-state index >= 15 is 0 Å². The summed E-state index contributed by atoms with van der Waals surface area (Å²) in [7, 11) is 0. The Balaban J connectivity index is 1.73. The van der Waals surface area contributed by atoms with Gasteiger partial charge in [0.25, 0.3) is 0 Å². The number of carbonyl (C=O) groups excluding carboxylic acids is 6. The fraction of sp³-hybridized carbons (Fsp3) is 0.641. The lowest BCUT2D eigenvalue weighted by atomic mass is 9.54. The number of hydrogen-bond donors (Lipinski definition) is 2. The first-order valence-corrected chi connectivity index (χ1v) is 17.5. The average molecular weight is 729 g/mol. The Hall–Kier alpha value is -3.94. The molecule has 13 nitrogen and oxygen atoms in total. The van der Waals surface area contributed by atoms with Crippen LogP contribution in [-0.2, 0) is 42.9 Å². The molecule has 1 aromatic carbocycles. The molecule has 13 heteroatoms. The van der Waals surface area contributed by atoms with Crippen LogP contribution in [0.1, 0.15) is 105 Å². The molecule has 1 saturated heterocycles. The Morgan fingerprint density at radius 3 is 2.15 bits per heavy atom. The maximum Gasteiger partial charge on any atom is 0.509 e. The Kier molecular flexibility index (Phi) is 11.4. The summed E-state index contributed by atoms with van der Waals surface area (Å²) in [6.45, 7) is 15.4. The number of benzene rings is 1. The highest BCUT2D eigenvalue weighted by atomic mass is 16.7. The van der Waals surface area contributed by atoms with Gasteiger partial charge < -0.3 is 38.7 Å². The molecule has 1 heterocycles. The maximum absolute atomic E-state index is 14.9. The molecule has 1 saturated carbocycles. The van der Waals surface area contributed by atoms with Crippen molar-refractivity contribution in [1.82, 2.24) is 0 Å². The van der Waals surface area contributed by atoms with Crippen molar-refractivity contribution in [3.63, 3.8) is 0 Å². The number of esters is 2. The number of carbonyl (C=O) groups is 6. The Morgan fingerprint density at radius 2 is 1.63 bits per heavy atom. The quantitative estimate of drug-likeness (QED) is 0.224. The summed E-state index contributed by atoms with van der Waals surface area (Å²) in [4.78, 5) is 79.3. The van der Waals surface area contributed by atoms with E-state index in [4.69, 9.17) is 23.7 Å². The fourth-order valence-corrected chi connectivity index (χ4v) is 8.41. The Labute approximate surface area is 304 Å². The third-order valence-electron chi connectivity index (χ3n) is 10.6. The highest BCUT2D eigenvalue weighted by molar-refractivity contribution is 6.04. The van der Waals surface area contributed by atoms with Gasteiger partial charge >= 0.3 is 18.1 Å². The number of aliphatic hydroxyl groups excluding tert-OH is 1. The molecule has 52 heavy (non-hydrogen) atoms. The SMILES string of the molecule is CC(=O)C[C@@]12COC1C[C@H](OC(=O)OC(C)(C)C)[C@@](C)(C(=O)[C@@H](CC(C)(C)C1=C(C)C(=O)C(O)[C@@]1(O)[C@H](C)OC(=O)c1ccccc1)OC(C)=O)C2. The molecule has 2 N–H and O–H groups in total. The molecule has 3 aliphatic rings. The zero-order valence-corrected chi connectivity index (χ0v) is 31.7. The minimum absolute atomic E-state index is 0.00141. The molecule has 4 rings (SSSR count). The van der Waals surface area contributed by atoms with Crippen molar-refractivity contribution in [2.75, 3.05) is 6.61 Å². The molecule has 2 aliphatic carbocycles. The molecule has 0 amide bonds. The van der Waals surface area contributed by atoms with Crippen molar-refractivity contribution < 1.29 is 62.7 Å². The molecule has 0 aromatic heterocycles. The van der Waals surface area contributed by atoms with Crippen LogP contribution < -0.4 is 0 Å². The first kappa shape index (κ1) is 40.8. The molecule has 2 unspecified atom stereocenters. The number of aliphatic hydroxyl groups is 2. The first-order chi connectivity index (χ1) is 23.9. The van der Waals surface area contributed by atoms with E-state index in [1.54, 1.807) is 59.7 Å². The summed E-state index contributed by atoms with van der Waals surface area (Å²) < 4.78 is 28.4. The summed E-state index contributed by atoms with van der Waals surface area (Å²) in [5.74, 6) is -3.12. The number of rotatable bonds is 12. The van der Waals surface area contributed by atoms with Gasteiger partial charge in [-0.05, 0) is 83.6 Å². The number of Topliss-reactive ketones (excluding diaryl/α,β-unsaturated/α-hetero) is 3. The lowest BCUT2D eigenvalue weighted by Gasteiger charge is -2.59. The number of ether oxygens (including phenoxy) is 5. The molecule has 0 radical (unpaired) electrons. The van der Waals surface area contributed by atoms with Crippen LogP contribution >= 0.6 is 0 Å². The Bertz CT molecular complexity index is 1640. The third-order valence-corrected chi connectivity index (χ3v) is 10.6. The van der Waals surface area contributed by atoms with Gasteiger partial charge in [0.1, 0.15) is 23.6 Å². The standard InChI is InChI=1S/C39H52O13/c1-21(40)17-38-19-37(10,27(16-28(38)48-20-38)51-34(46)52-35(5,6)7)31(43)26(50-24(4)41)18-36(8,9)30-22(2)29(42)32(44)39(30,47)23(3)49-33(45)25-14-12-11-13-15-25/h11-15,23,26-28,32,44,47H,16-20H2,1-10H3/t23-,26+,27-,28?,32?,37-,38+,39+/m0/s1. The van der Waals surface area contributed by atoms with Crippen LogP contribution in [0.2, 0.25) is 0 Å². The molecule has 286 valence electrons. The monoisotopic (exact) mass is 728 g/mol. The van der Waals surface area contributed by atoms with Crippen molar-refractivity contribution in [2.45, 2.75) is 137 Å². The van der Waals surface area contributed by atoms with E-state index in [0.29, 0.717) is 0 Å². The van der Waals surface area contributed by atoms with E-state index in [1.807, 2.05) is 0 Å². The zero-order valence-electron chi connectivity index (χ0n) is 31.7. The predicted molar refractivity (Wildman–Crippen MR) is 185 cm³/mol. The van der Waals surface area contributed by atoms with E-state index < -0.39 is 87.6 Å². The van der Waals surface area contributed by atoms with Crippen molar-refractivity contribution in [3.05, 3.63) is 47.0 Å². The van der Waals surface area contributed by atoms with Crippen LogP contribution in [-0.4, -0.2) is 94.0 Å². The van der Waals surface area contributed by atoms with Gasteiger partial charge in [-0.15, -0.1) is 0 Å². The van der Waals surface area contributed by atoms with Gasteiger partial charge in [-0.2, -0.15) is 0 Å². The molecule has 1 aromatic rings. The highest BCUT2D eigenvalue weighted by Gasteiger charge is 2.65. The van der Waals surface area contributed by atoms with Gasteiger partial charge in [-0.25, -0.2) is 9.59 Å². The number of fused-ring (bicyclic) bond motifs is 1. The van der Waals surface area contributed by atoms with Crippen molar-refractivity contribution in [1.29, 1.82) is 0 Å². The molecule has 2 fully saturated rings.